The molecule has 0 atom stereocenters. The number of hydrogen-bond acceptors (Lipinski definition) is 6. The molecule has 31 heavy (non-hydrogen) atoms. The van der Waals surface area contributed by atoms with Crippen LogP contribution in [0.2, 0.25) is 5.02 Å². The molecule has 2 aromatic rings. The lowest BCUT2D eigenvalue weighted by Gasteiger charge is -2.13. The van der Waals surface area contributed by atoms with E-state index in [0.29, 0.717) is 31.0 Å². The maximum absolute atomic E-state index is 12.7. The maximum atomic E-state index is 12.7. The summed E-state index contributed by atoms with van der Waals surface area (Å²) in [5, 5.41) is 8.82. The highest BCUT2D eigenvalue weighted by Gasteiger charge is 2.34. The number of ether oxygens (including phenoxy) is 2. The first-order valence-corrected chi connectivity index (χ1v) is 11.5. The lowest BCUT2D eigenvalue weighted by Crippen LogP contribution is -2.32. The number of benzene rings is 2. The minimum Gasteiger partial charge on any atom is -0.490 e. The fraction of sp³-hybridized carbons (Fsp3) is 0.150. The van der Waals surface area contributed by atoms with Crippen LogP contribution in [0, 0.1) is 0 Å². The number of rotatable bonds is 8. The van der Waals surface area contributed by atoms with Gasteiger partial charge in [0.05, 0.1) is 25.4 Å². The van der Waals surface area contributed by atoms with Gasteiger partial charge in [-0.15, -0.1) is 0 Å². The first kappa shape index (κ1) is 23.6. The second-order valence-corrected chi connectivity index (χ2v) is 9.22. The summed E-state index contributed by atoms with van der Waals surface area (Å²) in [5.41, 5.74) is 0.624. The van der Waals surface area contributed by atoms with E-state index in [1.165, 1.54) is 0 Å². The van der Waals surface area contributed by atoms with Crippen LogP contribution in [0.15, 0.2) is 50.2 Å². The van der Waals surface area contributed by atoms with Crippen molar-refractivity contribution in [3.63, 3.8) is 0 Å². The molecule has 1 aliphatic heterocycles. The van der Waals surface area contributed by atoms with Crippen molar-refractivity contribution >= 4 is 78.4 Å². The quantitative estimate of drug-likeness (QED) is 0.409. The summed E-state index contributed by atoms with van der Waals surface area (Å²) in [4.78, 5) is 37.0. The van der Waals surface area contributed by atoms with Gasteiger partial charge in [0.25, 0.3) is 11.1 Å². The van der Waals surface area contributed by atoms with Crippen molar-refractivity contribution in [2.45, 2.75) is 0 Å². The fourth-order valence-corrected chi connectivity index (χ4v) is 5.09. The number of nitrogens with zero attached hydrogens (tertiary/aromatic N) is 1. The molecule has 2 amide bonds. The largest absolute Gasteiger partial charge is 0.490 e. The van der Waals surface area contributed by atoms with E-state index in [1.54, 1.807) is 42.5 Å². The monoisotopic (exact) mass is 589 g/mol. The van der Waals surface area contributed by atoms with E-state index in [2.05, 4.69) is 31.9 Å². The molecule has 3 rings (SSSR count). The maximum Gasteiger partial charge on any atom is 0.341 e. The molecule has 0 aromatic heterocycles. The molecule has 1 N–H and O–H groups in total. The van der Waals surface area contributed by atoms with E-state index in [9.17, 15) is 14.4 Å². The van der Waals surface area contributed by atoms with E-state index in [4.69, 9.17) is 26.2 Å². The minimum atomic E-state index is -1.10. The Morgan fingerprint density at radius 2 is 1.84 bits per heavy atom. The van der Waals surface area contributed by atoms with Crippen molar-refractivity contribution < 1.29 is 29.0 Å². The Bertz CT molecular complexity index is 1050. The van der Waals surface area contributed by atoms with E-state index >= 15 is 0 Å². The number of imide groups is 1. The molecule has 0 aliphatic carbocycles. The van der Waals surface area contributed by atoms with E-state index in [0.717, 1.165) is 16.7 Å². The number of halogens is 3. The molecule has 0 spiro atoms. The SMILES string of the molecule is O=C(O)COc1c(Br)cc(/C=C2\SC(=O)N(CCOc3ccccc3Cl)C2=O)cc1Br. The van der Waals surface area contributed by atoms with Crippen LogP contribution in [0.3, 0.4) is 0 Å². The fourth-order valence-electron chi connectivity index (χ4n) is 2.59. The van der Waals surface area contributed by atoms with Crippen molar-refractivity contribution in [3.05, 3.63) is 60.8 Å². The molecule has 0 saturated carbocycles. The zero-order valence-electron chi connectivity index (χ0n) is 15.6. The van der Waals surface area contributed by atoms with Crippen molar-refractivity contribution in [2.24, 2.45) is 0 Å². The average molecular weight is 592 g/mol. The van der Waals surface area contributed by atoms with Gasteiger partial charge in [-0.25, -0.2) is 4.79 Å². The molecule has 0 bridgehead atoms. The van der Waals surface area contributed by atoms with E-state index in [-0.39, 0.29) is 18.1 Å². The summed E-state index contributed by atoms with van der Waals surface area (Å²) < 4.78 is 11.8. The molecule has 1 heterocycles. The lowest BCUT2D eigenvalue weighted by atomic mass is 10.2. The van der Waals surface area contributed by atoms with Crippen LogP contribution < -0.4 is 9.47 Å². The van der Waals surface area contributed by atoms with Gasteiger partial charge >= 0.3 is 5.97 Å². The summed E-state index contributed by atoms with van der Waals surface area (Å²) in [5.74, 6) is -0.720. The molecule has 0 radical (unpaired) electrons. The number of hydrogen-bond donors (Lipinski definition) is 1. The lowest BCUT2D eigenvalue weighted by molar-refractivity contribution is -0.139. The summed E-state index contributed by atoms with van der Waals surface area (Å²) in [6.45, 7) is -0.296. The number of aliphatic carboxylic acids is 1. The topological polar surface area (TPSA) is 93.1 Å². The molecule has 0 unspecified atom stereocenters. The third kappa shape index (κ3) is 6.03. The van der Waals surface area contributed by atoms with Crippen molar-refractivity contribution in [1.82, 2.24) is 4.90 Å². The standard InChI is InChI=1S/C20H14Br2ClNO6S/c21-12-7-11(8-13(22)18(12)30-10-17(25)26)9-16-19(27)24(20(28)31-16)5-6-29-15-4-2-1-3-14(15)23/h1-4,7-9H,5-6,10H2,(H,25,26)/b16-9-. The van der Waals surface area contributed by atoms with Gasteiger partial charge in [0.1, 0.15) is 18.1 Å². The van der Waals surface area contributed by atoms with Gasteiger partial charge in [-0.1, -0.05) is 23.7 Å². The Hall–Kier alpha value is -2.01. The first-order valence-electron chi connectivity index (χ1n) is 8.72. The molecule has 162 valence electrons. The highest BCUT2D eigenvalue weighted by molar-refractivity contribution is 9.11. The number of amides is 2. The number of thioether (sulfide) groups is 1. The van der Waals surface area contributed by atoms with Crippen molar-refractivity contribution in [2.75, 3.05) is 19.8 Å². The van der Waals surface area contributed by atoms with Crippen LogP contribution in [0.4, 0.5) is 4.79 Å². The number of para-hydroxylation sites is 1. The van der Waals surface area contributed by atoms with Crippen LogP contribution in [0.1, 0.15) is 5.56 Å². The number of carbonyl (C=O) groups excluding carboxylic acids is 2. The first-order chi connectivity index (χ1) is 14.8. The molecule has 1 saturated heterocycles. The summed E-state index contributed by atoms with van der Waals surface area (Å²) >= 11 is 13.5. The zero-order valence-corrected chi connectivity index (χ0v) is 20.4. The second-order valence-electron chi connectivity index (χ2n) is 6.11. The third-order valence-electron chi connectivity index (χ3n) is 3.94. The molecule has 1 fully saturated rings. The van der Waals surface area contributed by atoms with Crippen LogP contribution in [0.5, 0.6) is 11.5 Å². The Balaban J connectivity index is 1.68. The molecular formula is C20H14Br2ClNO6S. The van der Waals surface area contributed by atoms with Gasteiger partial charge in [-0.05, 0) is 79.5 Å². The van der Waals surface area contributed by atoms with Gasteiger partial charge in [0.2, 0.25) is 0 Å². The highest BCUT2D eigenvalue weighted by Crippen LogP contribution is 2.37. The Labute approximate surface area is 203 Å². The van der Waals surface area contributed by atoms with Crippen LogP contribution >= 0.6 is 55.2 Å². The van der Waals surface area contributed by atoms with Gasteiger partial charge < -0.3 is 14.6 Å². The van der Waals surface area contributed by atoms with Gasteiger partial charge in [0, 0.05) is 0 Å². The van der Waals surface area contributed by atoms with E-state index in [1.807, 2.05) is 0 Å². The molecule has 11 heteroatoms. The Kier molecular flexibility index (Phi) is 8.04. The molecular weight excluding hydrogens is 578 g/mol. The zero-order chi connectivity index (χ0) is 22.5. The third-order valence-corrected chi connectivity index (χ3v) is 6.34. The van der Waals surface area contributed by atoms with Crippen LogP contribution in [-0.2, 0) is 9.59 Å². The average Bonchev–Trinajstić information content (AvgIpc) is 2.96. The van der Waals surface area contributed by atoms with Crippen molar-refractivity contribution in [1.29, 1.82) is 0 Å². The van der Waals surface area contributed by atoms with Gasteiger partial charge in [-0.3, -0.25) is 14.5 Å². The number of carbonyl (C=O) groups is 3. The number of carboxylic acid groups (broad SMARTS) is 1. The van der Waals surface area contributed by atoms with E-state index < -0.39 is 23.7 Å². The summed E-state index contributed by atoms with van der Waals surface area (Å²) in [6.07, 6.45) is 1.58. The molecule has 7 nitrogen and oxygen atoms in total. The predicted octanol–water partition coefficient (Wildman–Crippen LogP) is 5.44. The summed E-state index contributed by atoms with van der Waals surface area (Å²) in [7, 11) is 0. The second kappa shape index (κ2) is 10.5. The van der Waals surface area contributed by atoms with Gasteiger partial charge in [0.15, 0.2) is 6.61 Å². The van der Waals surface area contributed by atoms with Crippen LogP contribution in [-0.4, -0.2) is 46.9 Å². The Morgan fingerprint density at radius 3 is 2.48 bits per heavy atom. The summed E-state index contributed by atoms with van der Waals surface area (Å²) in [6, 6.07) is 10.3. The highest BCUT2D eigenvalue weighted by atomic mass is 79.9. The van der Waals surface area contributed by atoms with Crippen LogP contribution in [0.25, 0.3) is 6.08 Å². The predicted molar refractivity (Wildman–Crippen MR) is 125 cm³/mol. The molecule has 2 aromatic carbocycles. The smallest absolute Gasteiger partial charge is 0.341 e. The number of carboxylic acids is 1. The van der Waals surface area contributed by atoms with Crippen molar-refractivity contribution in [3.8, 4) is 11.5 Å². The molecule has 1 aliphatic rings. The Morgan fingerprint density at radius 1 is 1.16 bits per heavy atom. The minimum absolute atomic E-state index is 0.0859. The normalized spacial score (nSPS) is 14.9. The van der Waals surface area contributed by atoms with Gasteiger partial charge in [-0.2, -0.15) is 0 Å².